The van der Waals surface area contributed by atoms with Crippen LogP contribution in [0.5, 0.6) is 0 Å². The van der Waals surface area contributed by atoms with E-state index in [0.717, 1.165) is 26.2 Å². The minimum Gasteiger partial charge on any atom is -0.369 e. The quantitative estimate of drug-likeness (QED) is 0.921. The number of nitrogens with two attached hydrogens (primary N) is 1. The Labute approximate surface area is 152 Å². The minimum absolute atomic E-state index is 0.193. The predicted octanol–water partition coefficient (Wildman–Crippen LogP) is 3.81. The molecule has 1 saturated heterocycles. The highest BCUT2D eigenvalue weighted by Gasteiger charge is 2.24. The molecule has 1 fully saturated rings. The van der Waals surface area contributed by atoms with Gasteiger partial charge in [0.25, 0.3) is 0 Å². The summed E-state index contributed by atoms with van der Waals surface area (Å²) in [5, 5.41) is 0. The van der Waals surface area contributed by atoms with Crippen LogP contribution in [0.4, 0.5) is 5.69 Å². The fraction of sp³-hybridized carbons (Fsp3) is 0.455. The Morgan fingerprint density at radius 2 is 1.48 bits per heavy atom. The molecule has 134 valence electrons. The molecule has 0 aromatic heterocycles. The van der Waals surface area contributed by atoms with Crippen molar-refractivity contribution in [2.45, 2.75) is 32.2 Å². The highest BCUT2D eigenvalue weighted by Crippen LogP contribution is 2.27. The number of benzene rings is 2. The topological polar surface area (TPSA) is 32.5 Å². The average Bonchev–Trinajstić information content (AvgIpc) is 2.63. The molecule has 3 nitrogen and oxygen atoms in total. The van der Waals surface area contributed by atoms with Crippen LogP contribution in [0.3, 0.4) is 0 Å². The van der Waals surface area contributed by atoms with Crippen molar-refractivity contribution in [3.8, 4) is 0 Å². The van der Waals surface area contributed by atoms with Crippen LogP contribution in [0, 0.1) is 0 Å². The molecule has 1 heterocycles. The number of hydrogen-bond donors (Lipinski definition) is 1. The molecular formula is C22H31N3. The lowest BCUT2D eigenvalue weighted by atomic mass is 9.86. The van der Waals surface area contributed by atoms with Crippen LogP contribution < -0.4 is 10.6 Å². The van der Waals surface area contributed by atoms with Crippen molar-refractivity contribution in [2.75, 3.05) is 37.6 Å². The van der Waals surface area contributed by atoms with Crippen LogP contribution in [0.1, 0.15) is 37.9 Å². The summed E-state index contributed by atoms with van der Waals surface area (Å²) < 4.78 is 0. The molecule has 1 atom stereocenters. The van der Waals surface area contributed by atoms with Gasteiger partial charge in [0.2, 0.25) is 0 Å². The SMILES string of the molecule is CC(C)(C)c1ccc(C(CN)N2CCN(c3ccccc3)CC2)cc1. The third kappa shape index (κ3) is 4.23. The molecule has 0 radical (unpaired) electrons. The molecule has 0 amide bonds. The number of anilines is 1. The van der Waals surface area contributed by atoms with Crippen molar-refractivity contribution >= 4 is 5.69 Å². The third-order valence-electron chi connectivity index (χ3n) is 5.26. The second-order valence-electron chi connectivity index (χ2n) is 7.98. The number of piperazine rings is 1. The van der Waals surface area contributed by atoms with Crippen LogP contribution in [0.15, 0.2) is 54.6 Å². The molecule has 1 aliphatic rings. The van der Waals surface area contributed by atoms with Crippen molar-refractivity contribution in [1.29, 1.82) is 0 Å². The van der Waals surface area contributed by atoms with Crippen molar-refractivity contribution in [3.63, 3.8) is 0 Å². The van der Waals surface area contributed by atoms with Gasteiger partial charge in [0.05, 0.1) is 0 Å². The van der Waals surface area contributed by atoms with Crippen molar-refractivity contribution < 1.29 is 0 Å². The Bertz CT molecular complexity index is 650. The highest BCUT2D eigenvalue weighted by molar-refractivity contribution is 5.46. The number of para-hydroxylation sites is 1. The smallest absolute Gasteiger partial charge is 0.0471 e. The summed E-state index contributed by atoms with van der Waals surface area (Å²) in [7, 11) is 0. The second kappa shape index (κ2) is 7.59. The lowest BCUT2D eigenvalue weighted by Gasteiger charge is -2.40. The van der Waals surface area contributed by atoms with E-state index >= 15 is 0 Å². The van der Waals surface area contributed by atoms with E-state index in [1.807, 2.05) is 0 Å². The van der Waals surface area contributed by atoms with Gasteiger partial charge in [-0.05, 0) is 28.7 Å². The molecule has 2 aromatic rings. The molecule has 0 saturated carbocycles. The maximum absolute atomic E-state index is 6.15. The third-order valence-corrected chi connectivity index (χ3v) is 5.26. The molecule has 3 heteroatoms. The Hall–Kier alpha value is -1.84. The summed E-state index contributed by atoms with van der Waals surface area (Å²) in [5.41, 5.74) is 10.4. The fourth-order valence-corrected chi connectivity index (χ4v) is 3.63. The van der Waals surface area contributed by atoms with Crippen LogP contribution in [-0.2, 0) is 5.41 Å². The van der Waals surface area contributed by atoms with Gasteiger partial charge in [0.1, 0.15) is 0 Å². The van der Waals surface area contributed by atoms with Gasteiger partial charge >= 0.3 is 0 Å². The first-order valence-electron chi connectivity index (χ1n) is 9.33. The van der Waals surface area contributed by atoms with Gasteiger partial charge in [-0.2, -0.15) is 0 Å². The standard InChI is InChI=1S/C22H31N3/c1-22(2,3)19-11-9-18(10-12-19)21(17-23)25-15-13-24(14-16-25)20-7-5-4-6-8-20/h4-12,21H,13-17,23H2,1-3H3. The normalized spacial score (nSPS) is 17.5. The summed E-state index contributed by atoms with van der Waals surface area (Å²) in [6.07, 6.45) is 0. The molecule has 2 N–H and O–H groups in total. The van der Waals surface area contributed by atoms with Crippen LogP contribution in [0.25, 0.3) is 0 Å². The van der Waals surface area contributed by atoms with Gasteiger partial charge < -0.3 is 10.6 Å². The molecule has 1 aliphatic heterocycles. The maximum atomic E-state index is 6.15. The minimum atomic E-state index is 0.193. The van der Waals surface area contributed by atoms with E-state index in [4.69, 9.17) is 5.73 Å². The first-order valence-corrected chi connectivity index (χ1v) is 9.33. The summed E-state index contributed by atoms with van der Waals surface area (Å²) in [4.78, 5) is 5.00. The molecule has 1 unspecified atom stereocenters. The first kappa shape index (κ1) is 18.0. The molecule has 2 aromatic carbocycles. The lowest BCUT2D eigenvalue weighted by Crippen LogP contribution is -2.49. The maximum Gasteiger partial charge on any atom is 0.0471 e. The van der Waals surface area contributed by atoms with E-state index in [1.165, 1.54) is 16.8 Å². The Kier molecular flexibility index (Phi) is 5.45. The van der Waals surface area contributed by atoms with Gasteiger partial charge in [-0.3, -0.25) is 4.90 Å². The van der Waals surface area contributed by atoms with Crippen molar-refractivity contribution in [1.82, 2.24) is 4.90 Å². The summed E-state index contributed by atoms with van der Waals surface area (Å²) >= 11 is 0. The Morgan fingerprint density at radius 1 is 0.880 bits per heavy atom. The van der Waals surface area contributed by atoms with Gasteiger partial charge in [-0.25, -0.2) is 0 Å². The Morgan fingerprint density at radius 3 is 2.00 bits per heavy atom. The Balaban J connectivity index is 1.66. The molecule has 0 spiro atoms. The summed E-state index contributed by atoms with van der Waals surface area (Å²) in [6.45, 7) is 11.7. The zero-order chi connectivity index (χ0) is 17.9. The van der Waals surface area contributed by atoms with E-state index in [2.05, 4.69) is 85.2 Å². The lowest BCUT2D eigenvalue weighted by molar-refractivity contribution is 0.190. The largest absolute Gasteiger partial charge is 0.369 e. The van der Waals surface area contributed by atoms with E-state index < -0.39 is 0 Å². The van der Waals surface area contributed by atoms with E-state index in [0.29, 0.717) is 12.6 Å². The number of hydrogen-bond acceptors (Lipinski definition) is 3. The van der Waals surface area contributed by atoms with Gasteiger partial charge in [0.15, 0.2) is 0 Å². The van der Waals surface area contributed by atoms with Crippen molar-refractivity contribution in [2.24, 2.45) is 5.73 Å². The monoisotopic (exact) mass is 337 g/mol. The molecule has 3 rings (SSSR count). The fourth-order valence-electron chi connectivity index (χ4n) is 3.63. The molecule has 25 heavy (non-hydrogen) atoms. The second-order valence-corrected chi connectivity index (χ2v) is 7.98. The summed E-state index contributed by atoms with van der Waals surface area (Å²) in [5.74, 6) is 0. The number of nitrogens with zero attached hydrogens (tertiary/aromatic N) is 2. The molecular weight excluding hydrogens is 306 g/mol. The molecule has 0 bridgehead atoms. The first-order chi connectivity index (χ1) is 12.0. The number of rotatable bonds is 4. The van der Waals surface area contributed by atoms with E-state index in [9.17, 15) is 0 Å². The zero-order valence-corrected chi connectivity index (χ0v) is 15.8. The highest BCUT2D eigenvalue weighted by atomic mass is 15.3. The summed E-state index contributed by atoms with van der Waals surface area (Å²) in [6, 6.07) is 20.1. The average molecular weight is 338 g/mol. The van der Waals surface area contributed by atoms with Gasteiger partial charge in [-0.15, -0.1) is 0 Å². The van der Waals surface area contributed by atoms with E-state index in [-0.39, 0.29) is 5.41 Å². The van der Waals surface area contributed by atoms with Gasteiger partial charge in [-0.1, -0.05) is 63.2 Å². The van der Waals surface area contributed by atoms with Crippen LogP contribution >= 0.6 is 0 Å². The van der Waals surface area contributed by atoms with Crippen molar-refractivity contribution in [3.05, 3.63) is 65.7 Å². The zero-order valence-electron chi connectivity index (χ0n) is 15.8. The van der Waals surface area contributed by atoms with Crippen LogP contribution in [0.2, 0.25) is 0 Å². The molecule has 0 aliphatic carbocycles. The predicted molar refractivity (Wildman–Crippen MR) is 107 cm³/mol. The van der Waals surface area contributed by atoms with Crippen LogP contribution in [-0.4, -0.2) is 37.6 Å². The van der Waals surface area contributed by atoms with E-state index in [1.54, 1.807) is 0 Å². The van der Waals surface area contributed by atoms with Gasteiger partial charge in [0, 0.05) is 44.5 Å².